The highest BCUT2D eigenvalue weighted by Crippen LogP contribution is 2.16. The summed E-state index contributed by atoms with van der Waals surface area (Å²) in [7, 11) is 0. The molecule has 3 heterocycles. The summed E-state index contributed by atoms with van der Waals surface area (Å²) in [5.41, 5.74) is 6.76. The zero-order valence-electron chi connectivity index (χ0n) is 9.89. The Morgan fingerprint density at radius 3 is 2.95 bits per heavy atom. The SMILES string of the molecule is NC(=O)c1cnn(-c2nc3ccccn3c2CO)c1. The van der Waals surface area contributed by atoms with Crippen LogP contribution in [0.3, 0.4) is 0 Å². The second-order valence-corrected chi connectivity index (χ2v) is 4.01. The first kappa shape index (κ1) is 11.4. The number of aliphatic hydroxyl groups is 1. The number of primary amides is 1. The molecule has 3 N–H and O–H groups in total. The number of imidazole rings is 1. The normalized spacial score (nSPS) is 11.0. The minimum atomic E-state index is -0.555. The molecule has 0 atom stereocenters. The molecular weight excluding hydrogens is 246 g/mol. The van der Waals surface area contributed by atoms with E-state index in [1.165, 1.54) is 17.1 Å². The van der Waals surface area contributed by atoms with Crippen molar-refractivity contribution in [3.8, 4) is 5.82 Å². The Hall–Kier alpha value is -2.67. The molecule has 19 heavy (non-hydrogen) atoms. The van der Waals surface area contributed by atoms with Crippen molar-refractivity contribution in [2.24, 2.45) is 5.73 Å². The van der Waals surface area contributed by atoms with E-state index in [1.54, 1.807) is 10.6 Å². The summed E-state index contributed by atoms with van der Waals surface area (Å²) >= 11 is 0. The van der Waals surface area contributed by atoms with Crippen LogP contribution in [0.25, 0.3) is 11.5 Å². The highest BCUT2D eigenvalue weighted by molar-refractivity contribution is 5.92. The number of carbonyl (C=O) groups is 1. The van der Waals surface area contributed by atoms with Gasteiger partial charge in [0.15, 0.2) is 5.82 Å². The van der Waals surface area contributed by atoms with E-state index < -0.39 is 5.91 Å². The third-order valence-electron chi connectivity index (χ3n) is 2.84. The van der Waals surface area contributed by atoms with Crippen molar-refractivity contribution < 1.29 is 9.90 Å². The van der Waals surface area contributed by atoms with Crippen LogP contribution >= 0.6 is 0 Å². The van der Waals surface area contributed by atoms with Crippen LogP contribution in [0.4, 0.5) is 0 Å². The summed E-state index contributed by atoms with van der Waals surface area (Å²) in [5.74, 6) is -0.0817. The number of aromatic nitrogens is 4. The molecule has 0 bridgehead atoms. The van der Waals surface area contributed by atoms with Gasteiger partial charge in [-0.15, -0.1) is 0 Å². The lowest BCUT2D eigenvalue weighted by atomic mass is 10.3. The molecule has 3 aromatic heterocycles. The molecule has 0 aliphatic carbocycles. The second-order valence-electron chi connectivity index (χ2n) is 4.01. The topological polar surface area (TPSA) is 98.4 Å². The zero-order valence-corrected chi connectivity index (χ0v) is 9.89. The maximum atomic E-state index is 11.1. The van der Waals surface area contributed by atoms with Gasteiger partial charge in [-0.1, -0.05) is 6.07 Å². The van der Waals surface area contributed by atoms with Crippen LogP contribution in [0.1, 0.15) is 16.1 Å². The molecule has 3 aromatic rings. The third-order valence-corrected chi connectivity index (χ3v) is 2.84. The largest absolute Gasteiger partial charge is 0.390 e. The highest BCUT2D eigenvalue weighted by atomic mass is 16.3. The number of aliphatic hydroxyl groups excluding tert-OH is 1. The average Bonchev–Trinajstić information content (AvgIpc) is 3.02. The van der Waals surface area contributed by atoms with Crippen LogP contribution in [-0.4, -0.2) is 30.2 Å². The van der Waals surface area contributed by atoms with Gasteiger partial charge in [0.1, 0.15) is 5.65 Å². The first-order valence-electron chi connectivity index (χ1n) is 5.62. The lowest BCUT2D eigenvalue weighted by Crippen LogP contribution is -2.09. The molecular formula is C12H11N5O2. The Morgan fingerprint density at radius 2 is 2.26 bits per heavy atom. The molecule has 0 aromatic carbocycles. The van der Waals surface area contributed by atoms with Crippen LogP contribution < -0.4 is 5.73 Å². The summed E-state index contributed by atoms with van der Waals surface area (Å²) < 4.78 is 3.19. The molecule has 7 heteroatoms. The van der Waals surface area contributed by atoms with Crippen molar-refractivity contribution in [3.05, 3.63) is 48.0 Å². The maximum Gasteiger partial charge on any atom is 0.251 e. The lowest BCUT2D eigenvalue weighted by Gasteiger charge is -2.00. The van der Waals surface area contributed by atoms with Crippen LogP contribution in [0, 0.1) is 0 Å². The van der Waals surface area contributed by atoms with Crippen LogP contribution in [0.5, 0.6) is 0 Å². The lowest BCUT2D eigenvalue weighted by molar-refractivity contribution is 0.100. The van der Waals surface area contributed by atoms with E-state index in [-0.39, 0.29) is 6.61 Å². The van der Waals surface area contributed by atoms with Gasteiger partial charge in [-0.05, 0) is 12.1 Å². The number of hydrogen-bond donors (Lipinski definition) is 2. The zero-order chi connectivity index (χ0) is 13.4. The Balaban J connectivity index is 2.20. The van der Waals surface area contributed by atoms with Gasteiger partial charge in [0.2, 0.25) is 0 Å². The van der Waals surface area contributed by atoms with Gasteiger partial charge in [-0.3, -0.25) is 9.20 Å². The van der Waals surface area contributed by atoms with Gasteiger partial charge >= 0.3 is 0 Å². The van der Waals surface area contributed by atoms with Crippen molar-refractivity contribution in [3.63, 3.8) is 0 Å². The van der Waals surface area contributed by atoms with Crippen molar-refractivity contribution in [1.82, 2.24) is 19.2 Å². The quantitative estimate of drug-likeness (QED) is 0.695. The van der Waals surface area contributed by atoms with Crippen molar-refractivity contribution >= 4 is 11.6 Å². The van der Waals surface area contributed by atoms with Crippen molar-refractivity contribution in [2.75, 3.05) is 0 Å². The van der Waals surface area contributed by atoms with E-state index in [4.69, 9.17) is 5.73 Å². The molecule has 0 spiro atoms. The highest BCUT2D eigenvalue weighted by Gasteiger charge is 2.14. The van der Waals surface area contributed by atoms with Gasteiger partial charge in [-0.25, -0.2) is 9.67 Å². The number of nitrogens with two attached hydrogens (primary N) is 1. The number of nitrogens with zero attached hydrogens (tertiary/aromatic N) is 4. The smallest absolute Gasteiger partial charge is 0.251 e. The van der Waals surface area contributed by atoms with Crippen LogP contribution in [0.15, 0.2) is 36.8 Å². The number of rotatable bonds is 3. The minimum Gasteiger partial charge on any atom is -0.390 e. The van der Waals surface area contributed by atoms with Crippen LogP contribution in [0.2, 0.25) is 0 Å². The first-order chi connectivity index (χ1) is 9.20. The first-order valence-corrected chi connectivity index (χ1v) is 5.62. The number of amides is 1. The maximum absolute atomic E-state index is 11.1. The van der Waals surface area contributed by atoms with Gasteiger partial charge in [0.05, 0.1) is 24.1 Å². The van der Waals surface area contributed by atoms with E-state index >= 15 is 0 Å². The molecule has 0 saturated carbocycles. The molecule has 96 valence electrons. The van der Waals surface area contributed by atoms with E-state index in [1.807, 2.05) is 18.2 Å². The number of fused-ring (bicyclic) bond motifs is 1. The molecule has 3 rings (SSSR count). The van der Waals surface area contributed by atoms with E-state index in [0.29, 0.717) is 22.7 Å². The third kappa shape index (κ3) is 1.76. The Bertz CT molecular complexity index is 758. The monoisotopic (exact) mass is 257 g/mol. The Kier molecular flexibility index (Phi) is 2.53. The fourth-order valence-electron chi connectivity index (χ4n) is 1.93. The van der Waals surface area contributed by atoms with E-state index in [9.17, 15) is 9.90 Å². The van der Waals surface area contributed by atoms with Crippen molar-refractivity contribution in [1.29, 1.82) is 0 Å². The van der Waals surface area contributed by atoms with Gasteiger partial charge < -0.3 is 10.8 Å². The second kappa shape index (κ2) is 4.21. The van der Waals surface area contributed by atoms with Crippen LogP contribution in [-0.2, 0) is 6.61 Å². The average molecular weight is 257 g/mol. The molecule has 0 fully saturated rings. The van der Waals surface area contributed by atoms with Gasteiger partial charge in [-0.2, -0.15) is 5.10 Å². The predicted octanol–water partition coefficient (Wildman–Crippen LogP) is 0.111. The fraction of sp³-hybridized carbons (Fsp3) is 0.0833. The Morgan fingerprint density at radius 1 is 1.42 bits per heavy atom. The molecule has 0 radical (unpaired) electrons. The molecule has 0 aliphatic rings. The Labute approximate surface area is 107 Å². The molecule has 0 aliphatic heterocycles. The minimum absolute atomic E-state index is 0.188. The fourth-order valence-corrected chi connectivity index (χ4v) is 1.93. The summed E-state index contributed by atoms with van der Waals surface area (Å²) in [6.45, 7) is -0.188. The summed E-state index contributed by atoms with van der Waals surface area (Å²) in [4.78, 5) is 15.4. The number of pyridine rings is 1. The molecule has 1 amide bonds. The number of hydrogen-bond acceptors (Lipinski definition) is 4. The molecule has 0 unspecified atom stereocenters. The summed E-state index contributed by atoms with van der Waals surface area (Å²) in [6.07, 6.45) is 4.66. The molecule has 0 saturated heterocycles. The van der Waals surface area contributed by atoms with Crippen molar-refractivity contribution in [2.45, 2.75) is 6.61 Å². The van der Waals surface area contributed by atoms with E-state index in [2.05, 4.69) is 10.1 Å². The number of carbonyl (C=O) groups excluding carboxylic acids is 1. The summed E-state index contributed by atoms with van der Waals surface area (Å²) in [6, 6.07) is 5.52. The van der Waals surface area contributed by atoms with E-state index in [0.717, 1.165) is 0 Å². The molecule has 7 nitrogen and oxygen atoms in total. The standard InChI is InChI=1S/C12H11N5O2/c13-11(19)8-5-14-17(6-8)12-9(7-18)16-4-2-1-3-10(16)15-12/h1-6,18H,7H2,(H2,13,19). The summed E-state index contributed by atoms with van der Waals surface area (Å²) in [5, 5.41) is 13.5. The van der Waals surface area contributed by atoms with Gasteiger partial charge in [0, 0.05) is 12.4 Å². The predicted molar refractivity (Wildman–Crippen MR) is 66.8 cm³/mol. The van der Waals surface area contributed by atoms with Gasteiger partial charge in [0.25, 0.3) is 5.91 Å².